The molecule has 0 aliphatic heterocycles. The molecule has 1 aromatic carbocycles. The number of aryl methyl sites for hydroxylation is 1. The van der Waals surface area contributed by atoms with Gasteiger partial charge in [0.15, 0.2) is 6.29 Å². The monoisotopic (exact) mass is 202 g/mol. The van der Waals surface area contributed by atoms with Crippen molar-refractivity contribution in [3.8, 4) is 17.1 Å². The molecule has 0 saturated heterocycles. The molecule has 2 N–H and O–H groups in total. The lowest BCUT2D eigenvalue weighted by Crippen LogP contribution is -1.87. The SMILES string of the molecule is Cc1ccccc1-c1n[nH]c(O)c1C=O. The highest BCUT2D eigenvalue weighted by Crippen LogP contribution is 2.27. The van der Waals surface area contributed by atoms with Gasteiger partial charge in [0.25, 0.3) is 0 Å². The molecule has 0 aliphatic rings. The summed E-state index contributed by atoms with van der Waals surface area (Å²) in [6.07, 6.45) is 0.598. The number of rotatable bonds is 2. The number of aromatic hydroxyl groups is 1. The van der Waals surface area contributed by atoms with E-state index in [2.05, 4.69) is 10.2 Å². The summed E-state index contributed by atoms with van der Waals surface area (Å²) in [5.41, 5.74) is 2.54. The van der Waals surface area contributed by atoms with Crippen molar-refractivity contribution in [3.63, 3.8) is 0 Å². The van der Waals surface area contributed by atoms with Gasteiger partial charge in [-0.25, -0.2) is 5.10 Å². The second kappa shape index (κ2) is 3.57. The Morgan fingerprint density at radius 3 is 2.80 bits per heavy atom. The second-order valence-electron chi connectivity index (χ2n) is 3.27. The average molecular weight is 202 g/mol. The number of H-pyrrole nitrogens is 1. The average Bonchev–Trinajstić information content (AvgIpc) is 2.60. The van der Waals surface area contributed by atoms with Crippen LogP contribution < -0.4 is 0 Å². The number of aldehydes is 1. The highest BCUT2D eigenvalue weighted by Gasteiger charge is 2.14. The Morgan fingerprint density at radius 1 is 1.40 bits per heavy atom. The van der Waals surface area contributed by atoms with E-state index in [9.17, 15) is 9.90 Å². The first kappa shape index (κ1) is 9.45. The van der Waals surface area contributed by atoms with Gasteiger partial charge < -0.3 is 5.11 Å². The van der Waals surface area contributed by atoms with Gasteiger partial charge in [-0.1, -0.05) is 24.3 Å². The molecule has 4 nitrogen and oxygen atoms in total. The Balaban J connectivity index is 2.64. The minimum absolute atomic E-state index is 0.191. The Hall–Kier alpha value is -2.10. The van der Waals surface area contributed by atoms with Crippen LogP contribution in [0.3, 0.4) is 0 Å². The van der Waals surface area contributed by atoms with Crippen LogP contribution >= 0.6 is 0 Å². The molecule has 0 bridgehead atoms. The molecule has 76 valence electrons. The van der Waals surface area contributed by atoms with Gasteiger partial charge in [0.05, 0.1) is 0 Å². The first-order valence-electron chi connectivity index (χ1n) is 4.52. The normalized spacial score (nSPS) is 10.2. The molecule has 0 atom stereocenters. The third-order valence-electron chi connectivity index (χ3n) is 2.30. The van der Waals surface area contributed by atoms with Gasteiger partial charge in [-0.15, -0.1) is 0 Å². The van der Waals surface area contributed by atoms with E-state index in [1.807, 2.05) is 31.2 Å². The van der Waals surface area contributed by atoms with E-state index in [1.165, 1.54) is 0 Å². The van der Waals surface area contributed by atoms with Crippen molar-refractivity contribution >= 4 is 6.29 Å². The lowest BCUT2D eigenvalue weighted by molar-refractivity contribution is 0.112. The van der Waals surface area contributed by atoms with Crippen LogP contribution in [0.15, 0.2) is 24.3 Å². The summed E-state index contributed by atoms with van der Waals surface area (Å²) in [7, 11) is 0. The standard InChI is InChI=1S/C11H10N2O2/c1-7-4-2-3-5-8(7)10-9(6-14)11(15)13-12-10/h2-6H,1H3,(H2,12,13,15). The third-order valence-corrected chi connectivity index (χ3v) is 2.30. The van der Waals surface area contributed by atoms with Crippen LogP contribution in [-0.4, -0.2) is 21.6 Å². The van der Waals surface area contributed by atoms with Crippen LogP contribution in [0.2, 0.25) is 0 Å². The number of carbonyl (C=O) groups excluding carboxylic acids is 1. The Bertz CT molecular complexity index is 503. The number of aromatic nitrogens is 2. The molecule has 0 amide bonds. The number of hydrogen-bond acceptors (Lipinski definition) is 3. The van der Waals surface area contributed by atoms with Crippen LogP contribution in [0.4, 0.5) is 0 Å². The minimum Gasteiger partial charge on any atom is -0.493 e. The molecule has 0 spiro atoms. The maximum absolute atomic E-state index is 10.8. The number of nitrogens with one attached hydrogen (secondary N) is 1. The summed E-state index contributed by atoms with van der Waals surface area (Å²) >= 11 is 0. The third kappa shape index (κ3) is 1.50. The van der Waals surface area contributed by atoms with E-state index in [0.717, 1.165) is 11.1 Å². The van der Waals surface area contributed by atoms with Gasteiger partial charge in [0, 0.05) is 5.56 Å². The van der Waals surface area contributed by atoms with E-state index in [0.29, 0.717) is 12.0 Å². The second-order valence-corrected chi connectivity index (χ2v) is 3.27. The first-order chi connectivity index (χ1) is 7.24. The fourth-order valence-corrected chi connectivity index (χ4v) is 1.50. The van der Waals surface area contributed by atoms with Crippen molar-refractivity contribution in [1.82, 2.24) is 10.2 Å². The maximum Gasteiger partial charge on any atom is 0.218 e. The van der Waals surface area contributed by atoms with Crippen molar-refractivity contribution in [3.05, 3.63) is 35.4 Å². The van der Waals surface area contributed by atoms with Gasteiger partial charge in [0.2, 0.25) is 5.88 Å². The predicted octanol–water partition coefficient (Wildman–Crippen LogP) is 1.90. The number of aromatic amines is 1. The molecule has 0 fully saturated rings. The fraction of sp³-hybridized carbons (Fsp3) is 0.0909. The molecular formula is C11H10N2O2. The summed E-state index contributed by atoms with van der Waals surface area (Å²) in [5.74, 6) is -0.191. The van der Waals surface area contributed by atoms with Gasteiger partial charge >= 0.3 is 0 Å². The zero-order chi connectivity index (χ0) is 10.8. The Kier molecular flexibility index (Phi) is 2.25. The molecule has 1 aromatic heterocycles. The Labute approximate surface area is 86.6 Å². The molecule has 2 aromatic rings. The fourth-order valence-electron chi connectivity index (χ4n) is 1.50. The number of carbonyl (C=O) groups is 1. The van der Waals surface area contributed by atoms with E-state index < -0.39 is 0 Å². The lowest BCUT2D eigenvalue weighted by Gasteiger charge is -2.01. The van der Waals surface area contributed by atoms with Crippen LogP contribution in [0.5, 0.6) is 5.88 Å². The Morgan fingerprint density at radius 2 is 2.13 bits per heavy atom. The van der Waals surface area contributed by atoms with Crippen molar-refractivity contribution in [1.29, 1.82) is 0 Å². The molecule has 15 heavy (non-hydrogen) atoms. The van der Waals surface area contributed by atoms with Crippen LogP contribution in [0, 0.1) is 6.92 Å². The summed E-state index contributed by atoms with van der Waals surface area (Å²) < 4.78 is 0. The van der Waals surface area contributed by atoms with E-state index in [1.54, 1.807) is 0 Å². The number of nitrogens with zero attached hydrogens (tertiary/aromatic N) is 1. The minimum atomic E-state index is -0.191. The van der Waals surface area contributed by atoms with Crippen LogP contribution in [-0.2, 0) is 0 Å². The predicted molar refractivity (Wildman–Crippen MR) is 55.8 cm³/mol. The summed E-state index contributed by atoms with van der Waals surface area (Å²) in [4.78, 5) is 10.8. The molecule has 0 radical (unpaired) electrons. The molecule has 0 unspecified atom stereocenters. The molecule has 1 heterocycles. The smallest absolute Gasteiger partial charge is 0.218 e. The lowest BCUT2D eigenvalue weighted by atomic mass is 10.0. The molecular weight excluding hydrogens is 192 g/mol. The molecule has 0 saturated carbocycles. The van der Waals surface area contributed by atoms with Gasteiger partial charge in [-0.3, -0.25) is 4.79 Å². The van der Waals surface area contributed by atoms with Crippen molar-refractivity contribution < 1.29 is 9.90 Å². The van der Waals surface area contributed by atoms with Crippen LogP contribution in [0.25, 0.3) is 11.3 Å². The van der Waals surface area contributed by atoms with E-state index in [4.69, 9.17) is 0 Å². The topological polar surface area (TPSA) is 66.0 Å². The van der Waals surface area contributed by atoms with E-state index >= 15 is 0 Å². The van der Waals surface area contributed by atoms with Gasteiger partial charge in [-0.2, -0.15) is 5.10 Å². The van der Waals surface area contributed by atoms with Gasteiger partial charge in [0.1, 0.15) is 11.3 Å². The molecule has 0 aliphatic carbocycles. The number of benzene rings is 1. The zero-order valence-electron chi connectivity index (χ0n) is 8.19. The summed E-state index contributed by atoms with van der Waals surface area (Å²) in [6, 6.07) is 7.56. The molecule has 2 rings (SSSR count). The molecule has 4 heteroatoms. The highest BCUT2D eigenvalue weighted by molar-refractivity contribution is 5.89. The highest BCUT2D eigenvalue weighted by atomic mass is 16.3. The van der Waals surface area contributed by atoms with Crippen molar-refractivity contribution in [2.45, 2.75) is 6.92 Å². The first-order valence-corrected chi connectivity index (χ1v) is 4.52. The van der Waals surface area contributed by atoms with E-state index in [-0.39, 0.29) is 11.4 Å². The van der Waals surface area contributed by atoms with Crippen LogP contribution in [0.1, 0.15) is 15.9 Å². The van der Waals surface area contributed by atoms with Crippen molar-refractivity contribution in [2.24, 2.45) is 0 Å². The zero-order valence-corrected chi connectivity index (χ0v) is 8.19. The summed E-state index contributed by atoms with van der Waals surface area (Å²) in [6.45, 7) is 1.93. The quantitative estimate of drug-likeness (QED) is 0.731. The van der Waals surface area contributed by atoms with Gasteiger partial charge in [-0.05, 0) is 12.5 Å². The largest absolute Gasteiger partial charge is 0.493 e. The maximum atomic E-state index is 10.8. The van der Waals surface area contributed by atoms with Crippen molar-refractivity contribution in [2.75, 3.05) is 0 Å². The summed E-state index contributed by atoms with van der Waals surface area (Å²) in [5, 5.41) is 15.6. The number of hydrogen-bond donors (Lipinski definition) is 2.